The van der Waals surface area contributed by atoms with Crippen molar-refractivity contribution in [3.63, 3.8) is 0 Å². The molecule has 1 N–H and O–H groups in total. The van der Waals surface area contributed by atoms with E-state index in [9.17, 15) is 0 Å². The van der Waals surface area contributed by atoms with E-state index in [1.54, 1.807) is 0 Å². The number of aromatic nitrogens is 1. The standard InChI is InChI=1S/C15H16N2/c1-2-4-12-10(3-1)8-16-9-14(12)13-7-11-5-6-15(13)17-11/h1-4,8-9,11,13,15,17H,5-7H2. The van der Waals surface area contributed by atoms with Gasteiger partial charge in [-0.15, -0.1) is 0 Å². The van der Waals surface area contributed by atoms with Crippen LogP contribution in [-0.2, 0) is 0 Å². The molecule has 0 spiro atoms. The van der Waals surface area contributed by atoms with E-state index >= 15 is 0 Å². The first-order valence-corrected chi connectivity index (χ1v) is 6.50. The number of rotatable bonds is 1. The lowest BCUT2D eigenvalue weighted by atomic mass is 9.83. The lowest BCUT2D eigenvalue weighted by Gasteiger charge is -2.21. The molecule has 3 heterocycles. The van der Waals surface area contributed by atoms with Crippen molar-refractivity contribution >= 4 is 10.8 Å². The van der Waals surface area contributed by atoms with Crippen LogP contribution in [0.1, 0.15) is 30.7 Å². The van der Waals surface area contributed by atoms with Gasteiger partial charge in [-0.3, -0.25) is 4.98 Å². The van der Waals surface area contributed by atoms with Crippen molar-refractivity contribution < 1.29 is 0 Å². The molecular formula is C15H16N2. The van der Waals surface area contributed by atoms with E-state index < -0.39 is 0 Å². The lowest BCUT2D eigenvalue weighted by molar-refractivity contribution is 0.508. The number of hydrogen-bond acceptors (Lipinski definition) is 2. The van der Waals surface area contributed by atoms with Crippen molar-refractivity contribution in [2.24, 2.45) is 0 Å². The Labute approximate surface area is 101 Å². The minimum Gasteiger partial charge on any atom is -0.311 e. The largest absolute Gasteiger partial charge is 0.311 e. The Bertz CT molecular complexity index is 558. The molecule has 3 atom stereocenters. The quantitative estimate of drug-likeness (QED) is 0.805. The average molecular weight is 224 g/mol. The van der Waals surface area contributed by atoms with E-state index in [0.717, 1.165) is 6.04 Å². The fraction of sp³-hybridized carbons (Fsp3) is 0.400. The Morgan fingerprint density at radius 2 is 2.06 bits per heavy atom. The van der Waals surface area contributed by atoms with Gasteiger partial charge in [0.1, 0.15) is 0 Å². The smallest absolute Gasteiger partial charge is 0.0346 e. The zero-order chi connectivity index (χ0) is 11.2. The molecule has 0 aliphatic carbocycles. The molecule has 2 fully saturated rings. The summed E-state index contributed by atoms with van der Waals surface area (Å²) >= 11 is 0. The van der Waals surface area contributed by atoms with Crippen molar-refractivity contribution in [3.05, 3.63) is 42.2 Å². The van der Waals surface area contributed by atoms with Crippen LogP contribution in [0.2, 0.25) is 0 Å². The highest BCUT2D eigenvalue weighted by atomic mass is 15.0. The molecule has 4 rings (SSSR count). The molecule has 3 unspecified atom stereocenters. The first kappa shape index (κ1) is 9.60. The van der Waals surface area contributed by atoms with Gasteiger partial charge in [0.15, 0.2) is 0 Å². The number of fused-ring (bicyclic) bond motifs is 3. The molecule has 2 aromatic rings. The molecule has 0 radical (unpaired) electrons. The summed E-state index contributed by atoms with van der Waals surface area (Å²) in [4.78, 5) is 4.41. The van der Waals surface area contributed by atoms with Crippen molar-refractivity contribution in [3.8, 4) is 0 Å². The summed E-state index contributed by atoms with van der Waals surface area (Å²) < 4.78 is 0. The zero-order valence-corrected chi connectivity index (χ0v) is 9.76. The molecule has 2 heteroatoms. The molecule has 2 aliphatic heterocycles. The first-order chi connectivity index (χ1) is 8.42. The topological polar surface area (TPSA) is 24.9 Å². The minimum atomic E-state index is 0.673. The highest BCUT2D eigenvalue weighted by Crippen LogP contribution is 2.41. The van der Waals surface area contributed by atoms with Gasteiger partial charge in [0.2, 0.25) is 0 Å². The van der Waals surface area contributed by atoms with Crippen LogP contribution < -0.4 is 5.32 Å². The molecule has 0 amide bonds. The summed E-state index contributed by atoms with van der Waals surface area (Å²) in [5, 5.41) is 6.37. The predicted octanol–water partition coefficient (Wildman–Crippen LogP) is 2.84. The lowest BCUT2D eigenvalue weighted by Crippen LogP contribution is -2.21. The second-order valence-electron chi connectivity index (χ2n) is 5.34. The van der Waals surface area contributed by atoms with Gasteiger partial charge in [-0.2, -0.15) is 0 Å². The monoisotopic (exact) mass is 224 g/mol. The van der Waals surface area contributed by atoms with Crippen molar-refractivity contribution in [2.75, 3.05) is 0 Å². The molecule has 1 aromatic heterocycles. The third kappa shape index (κ3) is 1.40. The fourth-order valence-corrected chi connectivity index (χ4v) is 3.60. The maximum atomic E-state index is 4.41. The highest BCUT2D eigenvalue weighted by molar-refractivity contribution is 5.85. The Kier molecular flexibility index (Phi) is 2.00. The van der Waals surface area contributed by atoms with Crippen LogP contribution in [0.25, 0.3) is 10.8 Å². The van der Waals surface area contributed by atoms with E-state index in [2.05, 4.69) is 40.8 Å². The van der Waals surface area contributed by atoms with Gasteiger partial charge in [0, 0.05) is 35.8 Å². The van der Waals surface area contributed by atoms with Crippen molar-refractivity contribution in [1.29, 1.82) is 0 Å². The van der Waals surface area contributed by atoms with Gasteiger partial charge in [0.05, 0.1) is 0 Å². The maximum absolute atomic E-state index is 4.41. The Morgan fingerprint density at radius 3 is 2.88 bits per heavy atom. The van der Waals surface area contributed by atoms with Gasteiger partial charge in [0.25, 0.3) is 0 Å². The normalized spacial score (nSPS) is 31.2. The van der Waals surface area contributed by atoms with Crippen LogP contribution in [0.4, 0.5) is 0 Å². The van der Waals surface area contributed by atoms with E-state index in [4.69, 9.17) is 0 Å². The average Bonchev–Trinajstić information content (AvgIpc) is 3.00. The van der Waals surface area contributed by atoms with Gasteiger partial charge in [-0.25, -0.2) is 0 Å². The number of nitrogens with zero attached hydrogens (tertiary/aromatic N) is 1. The predicted molar refractivity (Wildman–Crippen MR) is 69.0 cm³/mol. The molecule has 2 nitrogen and oxygen atoms in total. The second-order valence-corrected chi connectivity index (χ2v) is 5.34. The Morgan fingerprint density at radius 1 is 1.12 bits per heavy atom. The Balaban J connectivity index is 1.85. The van der Waals surface area contributed by atoms with Crippen molar-refractivity contribution in [1.82, 2.24) is 10.3 Å². The summed E-state index contributed by atoms with van der Waals surface area (Å²) in [7, 11) is 0. The third-order valence-electron chi connectivity index (χ3n) is 4.40. The zero-order valence-electron chi connectivity index (χ0n) is 9.76. The molecule has 17 heavy (non-hydrogen) atoms. The van der Waals surface area contributed by atoms with Gasteiger partial charge >= 0.3 is 0 Å². The molecule has 0 saturated carbocycles. The van der Waals surface area contributed by atoms with Crippen LogP contribution in [0.5, 0.6) is 0 Å². The summed E-state index contributed by atoms with van der Waals surface area (Å²) in [6.07, 6.45) is 8.03. The maximum Gasteiger partial charge on any atom is 0.0346 e. The fourth-order valence-electron chi connectivity index (χ4n) is 3.60. The van der Waals surface area contributed by atoms with E-state index in [0.29, 0.717) is 12.0 Å². The molecular weight excluding hydrogens is 208 g/mol. The molecule has 2 bridgehead atoms. The SMILES string of the molecule is c1ccc2c(C3CC4CCC3N4)cncc2c1. The van der Waals surface area contributed by atoms with Crippen LogP contribution in [0, 0.1) is 0 Å². The van der Waals surface area contributed by atoms with Crippen LogP contribution >= 0.6 is 0 Å². The highest BCUT2D eigenvalue weighted by Gasteiger charge is 2.40. The number of nitrogens with one attached hydrogen (secondary N) is 1. The third-order valence-corrected chi connectivity index (χ3v) is 4.40. The summed E-state index contributed by atoms with van der Waals surface area (Å²) in [5.41, 5.74) is 1.45. The van der Waals surface area contributed by atoms with Crippen LogP contribution in [-0.4, -0.2) is 17.1 Å². The van der Waals surface area contributed by atoms with Gasteiger partial charge in [-0.1, -0.05) is 24.3 Å². The second kappa shape index (κ2) is 3.54. The number of pyridine rings is 1. The van der Waals surface area contributed by atoms with Gasteiger partial charge < -0.3 is 5.32 Å². The van der Waals surface area contributed by atoms with Gasteiger partial charge in [-0.05, 0) is 30.2 Å². The minimum absolute atomic E-state index is 0.673. The van der Waals surface area contributed by atoms with Crippen molar-refractivity contribution in [2.45, 2.75) is 37.3 Å². The summed E-state index contributed by atoms with van der Waals surface area (Å²) in [6.45, 7) is 0. The number of hydrogen-bond donors (Lipinski definition) is 1. The van der Waals surface area contributed by atoms with E-state index in [1.165, 1.54) is 35.6 Å². The first-order valence-electron chi connectivity index (χ1n) is 6.50. The molecule has 1 aromatic carbocycles. The van der Waals surface area contributed by atoms with Crippen LogP contribution in [0.3, 0.4) is 0 Å². The molecule has 2 aliphatic rings. The van der Waals surface area contributed by atoms with E-state index in [-0.39, 0.29) is 0 Å². The molecule has 2 saturated heterocycles. The van der Waals surface area contributed by atoms with E-state index in [1.807, 2.05) is 6.20 Å². The van der Waals surface area contributed by atoms with Crippen LogP contribution in [0.15, 0.2) is 36.7 Å². The Hall–Kier alpha value is -1.41. The summed E-state index contributed by atoms with van der Waals surface area (Å²) in [5.74, 6) is 0.673. The molecule has 86 valence electrons. The summed E-state index contributed by atoms with van der Waals surface area (Å²) in [6, 6.07) is 10.1. The number of benzene rings is 1.